The number of primary amides is 1. The smallest absolute Gasteiger partial charge is 0.258 e. The molecule has 1 aliphatic rings. The highest BCUT2D eigenvalue weighted by atomic mass is 35.5. The van der Waals surface area contributed by atoms with Gasteiger partial charge >= 0.3 is 0 Å². The molecule has 4 N–H and O–H groups in total. The van der Waals surface area contributed by atoms with Gasteiger partial charge in [0.2, 0.25) is 11.8 Å². The fraction of sp³-hybridized carbons (Fsp3) is 0.364. The van der Waals surface area contributed by atoms with Crippen molar-refractivity contribution in [1.82, 2.24) is 15.6 Å². The maximum atomic E-state index is 13.4. The molecule has 2 aromatic rings. The van der Waals surface area contributed by atoms with Crippen molar-refractivity contribution in [3.8, 4) is 5.75 Å². The van der Waals surface area contributed by atoms with Gasteiger partial charge in [0.05, 0.1) is 22.8 Å². The molecule has 32 heavy (non-hydrogen) atoms. The average molecular weight is 463 g/mol. The van der Waals surface area contributed by atoms with Crippen molar-refractivity contribution in [2.24, 2.45) is 11.7 Å². The molecule has 3 amide bonds. The van der Waals surface area contributed by atoms with Crippen LogP contribution in [0.25, 0.3) is 0 Å². The Morgan fingerprint density at radius 1 is 1.16 bits per heavy atom. The van der Waals surface area contributed by atoms with Gasteiger partial charge in [-0.3, -0.25) is 19.4 Å². The summed E-state index contributed by atoms with van der Waals surface area (Å²) in [5, 5.41) is 5.72. The van der Waals surface area contributed by atoms with E-state index in [0.717, 1.165) is 6.07 Å². The molecular weight excluding hydrogens is 439 g/mol. The zero-order chi connectivity index (χ0) is 23.1. The summed E-state index contributed by atoms with van der Waals surface area (Å²) in [5.41, 5.74) is 6.12. The first-order chi connectivity index (χ1) is 15.3. The van der Waals surface area contributed by atoms with Crippen LogP contribution in [-0.4, -0.2) is 35.4 Å². The summed E-state index contributed by atoms with van der Waals surface area (Å²) in [7, 11) is 0. The zero-order valence-corrected chi connectivity index (χ0v) is 18.0. The summed E-state index contributed by atoms with van der Waals surface area (Å²) in [6.07, 6.45) is 4.02. The van der Waals surface area contributed by atoms with Gasteiger partial charge in [-0.2, -0.15) is 0 Å². The van der Waals surface area contributed by atoms with Crippen LogP contribution in [0.1, 0.15) is 41.7 Å². The van der Waals surface area contributed by atoms with Gasteiger partial charge in [-0.25, -0.2) is 4.39 Å². The van der Waals surface area contributed by atoms with Crippen LogP contribution in [-0.2, 0) is 16.1 Å². The Balaban J connectivity index is 1.36. The van der Waals surface area contributed by atoms with E-state index in [1.807, 2.05) is 0 Å². The molecule has 3 rings (SSSR count). The number of hydrogen-bond donors (Lipinski definition) is 3. The second-order valence-corrected chi connectivity index (χ2v) is 8.01. The Hall–Kier alpha value is -3.20. The van der Waals surface area contributed by atoms with E-state index in [4.69, 9.17) is 22.1 Å². The minimum absolute atomic E-state index is 0.0140. The topological polar surface area (TPSA) is 123 Å². The van der Waals surface area contributed by atoms with Gasteiger partial charge in [0.25, 0.3) is 5.91 Å². The van der Waals surface area contributed by atoms with Crippen LogP contribution in [0.3, 0.4) is 0 Å². The number of nitrogens with two attached hydrogens (primary N) is 1. The molecule has 0 aliphatic heterocycles. The fourth-order valence-electron chi connectivity index (χ4n) is 3.48. The van der Waals surface area contributed by atoms with Crippen LogP contribution in [0.2, 0.25) is 5.02 Å². The Morgan fingerprint density at radius 3 is 2.53 bits per heavy atom. The Labute approximate surface area is 189 Å². The maximum absolute atomic E-state index is 13.4. The fourth-order valence-corrected chi connectivity index (χ4v) is 3.60. The first-order valence-corrected chi connectivity index (χ1v) is 10.6. The largest absolute Gasteiger partial charge is 0.484 e. The minimum Gasteiger partial charge on any atom is -0.484 e. The predicted octanol–water partition coefficient (Wildman–Crippen LogP) is 2.34. The van der Waals surface area contributed by atoms with Crippen molar-refractivity contribution >= 4 is 29.3 Å². The maximum Gasteiger partial charge on any atom is 0.258 e. The molecule has 1 aliphatic carbocycles. The summed E-state index contributed by atoms with van der Waals surface area (Å²) >= 11 is 5.62. The summed E-state index contributed by atoms with van der Waals surface area (Å²) in [6, 6.07) is 7.15. The third kappa shape index (κ3) is 6.65. The van der Waals surface area contributed by atoms with Gasteiger partial charge in [0, 0.05) is 24.2 Å². The molecule has 1 saturated carbocycles. The van der Waals surface area contributed by atoms with E-state index in [1.54, 1.807) is 12.1 Å². The van der Waals surface area contributed by atoms with Crippen LogP contribution >= 0.6 is 11.6 Å². The van der Waals surface area contributed by atoms with E-state index >= 15 is 0 Å². The molecule has 0 bridgehead atoms. The molecule has 0 unspecified atom stereocenters. The van der Waals surface area contributed by atoms with Crippen molar-refractivity contribution in [2.75, 3.05) is 6.61 Å². The van der Waals surface area contributed by atoms with Crippen LogP contribution in [0.5, 0.6) is 5.75 Å². The quantitative estimate of drug-likeness (QED) is 0.555. The number of carbonyl (C=O) groups excluding carboxylic acids is 3. The van der Waals surface area contributed by atoms with Gasteiger partial charge in [-0.1, -0.05) is 11.6 Å². The number of carbonyl (C=O) groups is 3. The number of aromatic nitrogens is 1. The van der Waals surface area contributed by atoms with Crippen LogP contribution in [0, 0.1) is 11.7 Å². The van der Waals surface area contributed by atoms with Crippen LogP contribution in [0.15, 0.2) is 36.5 Å². The summed E-state index contributed by atoms with van der Waals surface area (Å²) in [5.74, 6) is -1.45. The molecule has 0 radical (unpaired) electrons. The first-order valence-electron chi connectivity index (χ1n) is 10.2. The van der Waals surface area contributed by atoms with E-state index in [-0.39, 0.29) is 47.7 Å². The zero-order valence-electron chi connectivity index (χ0n) is 17.3. The molecular formula is C22H24ClFN4O4. The van der Waals surface area contributed by atoms with Crippen LogP contribution in [0.4, 0.5) is 4.39 Å². The highest BCUT2D eigenvalue weighted by Crippen LogP contribution is 2.25. The molecule has 0 atom stereocenters. The molecule has 10 heteroatoms. The molecule has 1 aromatic carbocycles. The Morgan fingerprint density at radius 2 is 1.91 bits per heavy atom. The number of rotatable bonds is 8. The summed E-state index contributed by atoms with van der Waals surface area (Å²) < 4.78 is 18.7. The number of halogens is 2. The summed E-state index contributed by atoms with van der Waals surface area (Å²) in [6.45, 7) is 0.0280. The van der Waals surface area contributed by atoms with Crippen molar-refractivity contribution < 1.29 is 23.5 Å². The van der Waals surface area contributed by atoms with Gasteiger partial charge < -0.3 is 21.1 Å². The second kappa shape index (κ2) is 10.9. The molecule has 1 aromatic heterocycles. The molecule has 1 heterocycles. The summed E-state index contributed by atoms with van der Waals surface area (Å²) in [4.78, 5) is 39.7. The van der Waals surface area contributed by atoms with Crippen LogP contribution < -0.4 is 21.1 Å². The molecule has 8 nitrogen and oxygen atoms in total. The number of pyridine rings is 1. The lowest BCUT2D eigenvalue weighted by Gasteiger charge is -2.28. The normalized spacial score (nSPS) is 17.9. The third-order valence-electron chi connectivity index (χ3n) is 5.28. The molecule has 0 spiro atoms. The number of ether oxygens (including phenoxy) is 1. The Bertz CT molecular complexity index is 978. The number of benzene rings is 1. The SMILES string of the molecule is NC(=O)c1ccc(CNC(=O)[C@H]2CC[C@H](NC(=O)COc3ccc(Cl)c(F)c3)CC2)nc1. The number of nitrogens with zero attached hydrogens (tertiary/aromatic N) is 1. The number of nitrogens with one attached hydrogen (secondary N) is 2. The lowest BCUT2D eigenvalue weighted by molar-refractivity contribution is -0.126. The highest BCUT2D eigenvalue weighted by molar-refractivity contribution is 6.30. The first kappa shape index (κ1) is 23.5. The van der Waals surface area contributed by atoms with E-state index in [9.17, 15) is 18.8 Å². The Kier molecular flexibility index (Phi) is 7.99. The molecule has 0 saturated heterocycles. The lowest BCUT2D eigenvalue weighted by Crippen LogP contribution is -2.42. The van der Waals surface area contributed by atoms with Crippen molar-refractivity contribution in [3.63, 3.8) is 0 Å². The standard InChI is InChI=1S/C22H24ClFN4O4/c23-18-8-7-17(9-19(18)24)32-12-20(29)28-15-4-1-13(2-5-15)22(31)27-11-16-6-3-14(10-26-16)21(25)30/h3,6-10,13,15H,1-2,4-5,11-12H2,(H2,25,30)(H,27,31)(H,28,29)/t13-,15-. The van der Waals surface area contributed by atoms with E-state index in [0.29, 0.717) is 36.9 Å². The van der Waals surface area contributed by atoms with Crippen molar-refractivity contribution in [2.45, 2.75) is 38.3 Å². The molecule has 170 valence electrons. The molecule has 1 fully saturated rings. The predicted molar refractivity (Wildman–Crippen MR) is 115 cm³/mol. The average Bonchev–Trinajstić information content (AvgIpc) is 2.79. The van der Waals surface area contributed by atoms with E-state index in [2.05, 4.69) is 15.6 Å². The number of amides is 3. The van der Waals surface area contributed by atoms with E-state index < -0.39 is 11.7 Å². The minimum atomic E-state index is -0.611. The van der Waals surface area contributed by atoms with Gasteiger partial charge in [-0.15, -0.1) is 0 Å². The van der Waals surface area contributed by atoms with Gasteiger partial charge in [0.1, 0.15) is 11.6 Å². The second-order valence-electron chi connectivity index (χ2n) is 7.60. The third-order valence-corrected chi connectivity index (χ3v) is 5.58. The lowest BCUT2D eigenvalue weighted by atomic mass is 9.85. The monoisotopic (exact) mass is 462 g/mol. The van der Waals surface area contributed by atoms with Crippen molar-refractivity contribution in [3.05, 3.63) is 58.6 Å². The van der Waals surface area contributed by atoms with Gasteiger partial charge in [0.15, 0.2) is 6.61 Å². The van der Waals surface area contributed by atoms with Crippen molar-refractivity contribution in [1.29, 1.82) is 0 Å². The highest BCUT2D eigenvalue weighted by Gasteiger charge is 2.27. The number of hydrogen-bond acceptors (Lipinski definition) is 5. The van der Waals surface area contributed by atoms with E-state index in [1.165, 1.54) is 18.3 Å². The van der Waals surface area contributed by atoms with Gasteiger partial charge in [-0.05, 0) is 49.9 Å².